The normalized spacial score (nSPS) is 22.1. The lowest BCUT2D eigenvalue weighted by Crippen LogP contribution is -2.39. The molecule has 20 heavy (non-hydrogen) atoms. The Morgan fingerprint density at radius 3 is 2.65 bits per heavy atom. The zero-order chi connectivity index (χ0) is 14.8. The number of nitrogens with one attached hydrogen (secondary N) is 1. The zero-order valence-electron chi connectivity index (χ0n) is 13.7. The molecular formula is C18H30N2. The fraction of sp³-hybridized carbons (Fsp3) is 0.667. The predicted molar refractivity (Wildman–Crippen MR) is 87.0 cm³/mol. The van der Waals surface area contributed by atoms with E-state index >= 15 is 0 Å². The molecule has 0 radical (unpaired) electrons. The van der Waals surface area contributed by atoms with Crippen molar-refractivity contribution in [3.05, 3.63) is 35.4 Å². The zero-order valence-corrected chi connectivity index (χ0v) is 13.7. The van der Waals surface area contributed by atoms with E-state index < -0.39 is 0 Å². The summed E-state index contributed by atoms with van der Waals surface area (Å²) >= 11 is 0. The van der Waals surface area contributed by atoms with Crippen LogP contribution >= 0.6 is 0 Å². The number of hydrogen-bond donors (Lipinski definition) is 1. The molecule has 2 nitrogen and oxygen atoms in total. The third-order valence-corrected chi connectivity index (χ3v) is 4.42. The van der Waals surface area contributed by atoms with Crippen molar-refractivity contribution < 1.29 is 0 Å². The van der Waals surface area contributed by atoms with E-state index in [2.05, 4.69) is 69.1 Å². The Morgan fingerprint density at radius 2 is 2.00 bits per heavy atom. The van der Waals surface area contributed by atoms with Gasteiger partial charge in [-0.05, 0) is 71.2 Å². The molecule has 2 unspecified atom stereocenters. The van der Waals surface area contributed by atoms with Gasteiger partial charge in [0.1, 0.15) is 0 Å². The molecule has 1 fully saturated rings. The number of hydrogen-bond acceptors (Lipinski definition) is 2. The Hall–Kier alpha value is -0.860. The summed E-state index contributed by atoms with van der Waals surface area (Å²) in [5.41, 5.74) is 3.13. The minimum atomic E-state index is 0.231. The van der Waals surface area contributed by atoms with Gasteiger partial charge in [-0.2, -0.15) is 0 Å². The third-order valence-electron chi connectivity index (χ3n) is 4.42. The number of likely N-dealkylation sites (tertiary alicyclic amines) is 1. The SMILES string of the molecule is Cc1ccccc1C(C)N1CCC(CNC(C)(C)C)C1. The Kier molecular flexibility index (Phi) is 4.87. The molecule has 0 aromatic heterocycles. The number of aryl methyl sites for hydroxylation is 1. The van der Waals surface area contributed by atoms with Crippen LogP contribution in [0, 0.1) is 12.8 Å². The average Bonchev–Trinajstić information content (AvgIpc) is 2.84. The highest BCUT2D eigenvalue weighted by Crippen LogP contribution is 2.28. The molecule has 0 spiro atoms. The minimum absolute atomic E-state index is 0.231. The summed E-state index contributed by atoms with van der Waals surface area (Å²) in [4.78, 5) is 2.64. The molecular weight excluding hydrogens is 244 g/mol. The van der Waals surface area contributed by atoms with Crippen molar-refractivity contribution in [2.75, 3.05) is 19.6 Å². The van der Waals surface area contributed by atoms with Crippen molar-refractivity contribution in [3.63, 3.8) is 0 Å². The molecule has 1 N–H and O–H groups in total. The predicted octanol–water partition coefficient (Wildman–Crippen LogP) is 3.77. The summed E-state index contributed by atoms with van der Waals surface area (Å²) in [6.07, 6.45) is 1.32. The second-order valence-corrected chi connectivity index (χ2v) is 7.31. The maximum absolute atomic E-state index is 3.65. The van der Waals surface area contributed by atoms with Crippen molar-refractivity contribution in [2.24, 2.45) is 5.92 Å². The first kappa shape index (κ1) is 15.5. The van der Waals surface area contributed by atoms with Gasteiger partial charge in [0.15, 0.2) is 0 Å². The van der Waals surface area contributed by atoms with Gasteiger partial charge in [0.2, 0.25) is 0 Å². The van der Waals surface area contributed by atoms with Crippen molar-refractivity contribution in [3.8, 4) is 0 Å². The molecule has 1 saturated heterocycles. The van der Waals surface area contributed by atoms with Gasteiger partial charge in [-0.3, -0.25) is 4.90 Å². The van der Waals surface area contributed by atoms with Gasteiger partial charge in [-0.15, -0.1) is 0 Å². The summed E-state index contributed by atoms with van der Waals surface area (Å²) < 4.78 is 0. The van der Waals surface area contributed by atoms with Crippen LogP contribution in [0.1, 0.15) is 51.3 Å². The van der Waals surface area contributed by atoms with E-state index in [9.17, 15) is 0 Å². The lowest BCUT2D eigenvalue weighted by Gasteiger charge is -2.27. The van der Waals surface area contributed by atoms with Crippen LogP contribution in [-0.2, 0) is 0 Å². The van der Waals surface area contributed by atoms with E-state index in [0.717, 1.165) is 12.5 Å². The standard InChI is InChI=1S/C18H30N2/c1-14-8-6-7-9-17(14)15(2)20-11-10-16(13-20)12-19-18(3,4)5/h6-9,15-16,19H,10-13H2,1-5H3. The van der Waals surface area contributed by atoms with E-state index in [1.165, 1.54) is 30.6 Å². The van der Waals surface area contributed by atoms with Crippen LogP contribution in [0.5, 0.6) is 0 Å². The van der Waals surface area contributed by atoms with Crippen LogP contribution in [0.3, 0.4) is 0 Å². The molecule has 2 atom stereocenters. The maximum atomic E-state index is 3.65. The molecule has 2 heteroatoms. The molecule has 1 heterocycles. The van der Waals surface area contributed by atoms with E-state index in [4.69, 9.17) is 0 Å². The largest absolute Gasteiger partial charge is 0.312 e. The maximum Gasteiger partial charge on any atom is 0.0322 e. The topological polar surface area (TPSA) is 15.3 Å². The lowest BCUT2D eigenvalue weighted by atomic mass is 10.0. The van der Waals surface area contributed by atoms with Gasteiger partial charge in [-0.1, -0.05) is 24.3 Å². The van der Waals surface area contributed by atoms with Gasteiger partial charge in [0.25, 0.3) is 0 Å². The van der Waals surface area contributed by atoms with Gasteiger partial charge in [0, 0.05) is 18.1 Å². The van der Waals surface area contributed by atoms with Crippen LogP contribution in [0.4, 0.5) is 0 Å². The van der Waals surface area contributed by atoms with Gasteiger partial charge >= 0.3 is 0 Å². The molecule has 0 aliphatic carbocycles. The number of rotatable bonds is 4. The van der Waals surface area contributed by atoms with Gasteiger partial charge in [-0.25, -0.2) is 0 Å². The smallest absolute Gasteiger partial charge is 0.0322 e. The quantitative estimate of drug-likeness (QED) is 0.899. The van der Waals surface area contributed by atoms with Crippen LogP contribution in [-0.4, -0.2) is 30.1 Å². The highest BCUT2D eigenvalue weighted by molar-refractivity contribution is 5.28. The Morgan fingerprint density at radius 1 is 1.30 bits per heavy atom. The van der Waals surface area contributed by atoms with E-state index in [1.807, 2.05) is 0 Å². The van der Waals surface area contributed by atoms with Gasteiger partial charge in [0.05, 0.1) is 0 Å². The Bertz CT molecular complexity index is 433. The summed E-state index contributed by atoms with van der Waals surface area (Å²) in [7, 11) is 0. The second-order valence-electron chi connectivity index (χ2n) is 7.31. The third kappa shape index (κ3) is 4.07. The average molecular weight is 274 g/mol. The molecule has 1 aromatic carbocycles. The molecule has 1 aliphatic rings. The van der Waals surface area contributed by atoms with Crippen molar-refractivity contribution in [1.82, 2.24) is 10.2 Å². The number of benzene rings is 1. The van der Waals surface area contributed by atoms with E-state index in [-0.39, 0.29) is 5.54 Å². The van der Waals surface area contributed by atoms with E-state index in [0.29, 0.717) is 6.04 Å². The van der Waals surface area contributed by atoms with Crippen LogP contribution in [0.25, 0.3) is 0 Å². The first-order valence-electron chi connectivity index (χ1n) is 7.91. The molecule has 2 rings (SSSR count). The van der Waals surface area contributed by atoms with Crippen molar-refractivity contribution >= 4 is 0 Å². The minimum Gasteiger partial charge on any atom is -0.312 e. The molecule has 0 saturated carbocycles. The molecule has 1 aromatic rings. The fourth-order valence-corrected chi connectivity index (χ4v) is 3.08. The van der Waals surface area contributed by atoms with Crippen LogP contribution in [0.2, 0.25) is 0 Å². The summed E-state index contributed by atoms with van der Waals surface area (Å²) in [5, 5.41) is 3.65. The molecule has 1 aliphatic heterocycles. The van der Waals surface area contributed by atoms with Crippen LogP contribution in [0.15, 0.2) is 24.3 Å². The number of nitrogens with zero attached hydrogens (tertiary/aromatic N) is 1. The Labute approximate surface area is 124 Å². The van der Waals surface area contributed by atoms with Crippen molar-refractivity contribution in [1.29, 1.82) is 0 Å². The van der Waals surface area contributed by atoms with E-state index in [1.54, 1.807) is 0 Å². The van der Waals surface area contributed by atoms with Gasteiger partial charge < -0.3 is 5.32 Å². The fourth-order valence-electron chi connectivity index (χ4n) is 3.08. The monoisotopic (exact) mass is 274 g/mol. The summed E-state index contributed by atoms with van der Waals surface area (Å²) in [6.45, 7) is 14.9. The van der Waals surface area contributed by atoms with Crippen LogP contribution < -0.4 is 5.32 Å². The van der Waals surface area contributed by atoms with Crippen molar-refractivity contribution in [2.45, 2.75) is 52.6 Å². The summed E-state index contributed by atoms with van der Waals surface area (Å²) in [6, 6.07) is 9.33. The first-order valence-corrected chi connectivity index (χ1v) is 7.91. The second kappa shape index (κ2) is 6.28. The first-order chi connectivity index (χ1) is 9.37. The lowest BCUT2D eigenvalue weighted by molar-refractivity contribution is 0.248. The highest BCUT2D eigenvalue weighted by Gasteiger charge is 2.27. The highest BCUT2D eigenvalue weighted by atomic mass is 15.2. The molecule has 0 amide bonds. The molecule has 0 bridgehead atoms. The summed E-state index contributed by atoms with van der Waals surface area (Å²) in [5.74, 6) is 0.792. The molecule has 112 valence electrons. The Balaban J connectivity index is 1.91.